The number of hydrogen-bond donors (Lipinski definition) is 1. The highest BCUT2D eigenvalue weighted by Crippen LogP contribution is 2.43. The van der Waals surface area contributed by atoms with Crippen LogP contribution in [0.25, 0.3) is 27.4 Å². The number of aromatic nitrogens is 1. The lowest BCUT2D eigenvalue weighted by Crippen LogP contribution is -2.53. The normalized spacial score (nSPS) is 19.4. The van der Waals surface area contributed by atoms with Crippen molar-refractivity contribution in [3.63, 3.8) is 0 Å². The number of imide groups is 1. The highest BCUT2D eigenvalue weighted by molar-refractivity contribution is 9.08. The van der Waals surface area contributed by atoms with E-state index in [9.17, 15) is 14.4 Å². The van der Waals surface area contributed by atoms with Crippen molar-refractivity contribution < 1.29 is 18.8 Å². The summed E-state index contributed by atoms with van der Waals surface area (Å²) in [5.74, 6) is -0.909. The minimum Gasteiger partial charge on any atom is -0.423 e. The predicted octanol–water partition coefficient (Wildman–Crippen LogP) is 4.94. The zero-order chi connectivity index (χ0) is 26.0. The van der Waals surface area contributed by atoms with Crippen LogP contribution in [0.4, 0.5) is 11.7 Å². The van der Waals surface area contributed by atoms with Crippen molar-refractivity contribution in [3.05, 3.63) is 71.3 Å². The van der Waals surface area contributed by atoms with Gasteiger partial charge in [0.25, 0.3) is 11.9 Å². The number of anilines is 2. The molecule has 1 unspecified atom stereocenters. The van der Waals surface area contributed by atoms with Gasteiger partial charge in [0.15, 0.2) is 5.58 Å². The molecule has 9 heteroatoms. The molecule has 1 fully saturated rings. The molecule has 7 rings (SSSR count). The Morgan fingerprint density at radius 3 is 2.74 bits per heavy atom. The van der Waals surface area contributed by atoms with E-state index in [-0.39, 0.29) is 18.2 Å². The third-order valence-electron chi connectivity index (χ3n) is 7.67. The topological polar surface area (TPSA) is 95.8 Å². The van der Waals surface area contributed by atoms with Crippen molar-refractivity contribution in [2.45, 2.75) is 30.6 Å². The van der Waals surface area contributed by atoms with Crippen LogP contribution in [0.1, 0.15) is 40.7 Å². The summed E-state index contributed by atoms with van der Waals surface area (Å²) in [7, 11) is 0. The van der Waals surface area contributed by atoms with Crippen molar-refractivity contribution >= 4 is 72.8 Å². The van der Waals surface area contributed by atoms with Crippen molar-refractivity contribution in [2.24, 2.45) is 0 Å². The van der Waals surface area contributed by atoms with Gasteiger partial charge in [-0.3, -0.25) is 24.6 Å². The second kappa shape index (κ2) is 8.80. The maximum Gasteiger partial charge on any atom is 0.298 e. The van der Waals surface area contributed by atoms with Crippen LogP contribution in [-0.2, 0) is 14.9 Å². The molecule has 1 saturated heterocycles. The minimum atomic E-state index is -0.689. The molecular weight excluding hydrogens is 548 g/mol. The van der Waals surface area contributed by atoms with Crippen LogP contribution in [0.15, 0.2) is 59.0 Å². The molecule has 1 N–H and O–H groups in total. The van der Waals surface area contributed by atoms with Gasteiger partial charge in [0.1, 0.15) is 11.6 Å². The average Bonchev–Trinajstić information content (AvgIpc) is 3.49. The lowest BCUT2D eigenvalue weighted by molar-refractivity contribution is -0.134. The molecular formula is C29H23BrN4O4. The molecule has 3 aromatic carbocycles. The van der Waals surface area contributed by atoms with Gasteiger partial charge in [0.05, 0.1) is 5.69 Å². The molecule has 0 bridgehead atoms. The molecule has 0 aliphatic carbocycles. The van der Waals surface area contributed by atoms with Gasteiger partial charge < -0.3 is 9.32 Å². The predicted molar refractivity (Wildman–Crippen MR) is 148 cm³/mol. The number of fused-ring (bicyclic) bond motifs is 1. The van der Waals surface area contributed by atoms with E-state index in [1.165, 1.54) is 5.57 Å². The van der Waals surface area contributed by atoms with Crippen molar-refractivity contribution in [2.75, 3.05) is 22.9 Å². The van der Waals surface area contributed by atoms with Crippen LogP contribution in [0.5, 0.6) is 0 Å². The highest BCUT2D eigenvalue weighted by atomic mass is 79.9. The first-order valence-electron chi connectivity index (χ1n) is 12.6. The summed E-state index contributed by atoms with van der Waals surface area (Å²) < 4.78 is 6.07. The monoisotopic (exact) mass is 570 g/mol. The number of halogens is 1. The minimum absolute atomic E-state index is 0.194. The van der Waals surface area contributed by atoms with E-state index in [2.05, 4.69) is 37.2 Å². The van der Waals surface area contributed by atoms with Crippen LogP contribution < -0.4 is 15.1 Å². The Labute approximate surface area is 226 Å². The summed E-state index contributed by atoms with van der Waals surface area (Å²) in [6, 6.07) is 15.7. The van der Waals surface area contributed by atoms with Crippen LogP contribution in [-0.4, -0.2) is 41.8 Å². The Kier molecular flexibility index (Phi) is 5.36. The first-order chi connectivity index (χ1) is 18.5. The zero-order valence-electron chi connectivity index (χ0n) is 20.4. The summed E-state index contributed by atoms with van der Waals surface area (Å²) in [6.45, 7) is 1.42. The molecule has 0 spiro atoms. The van der Waals surface area contributed by atoms with E-state index >= 15 is 0 Å². The number of carbonyl (C=O) groups excluding carboxylic acids is 3. The number of benzene rings is 3. The fraction of sp³-hybridized carbons (Fsp3) is 0.241. The quantitative estimate of drug-likeness (QED) is 0.276. The fourth-order valence-corrected chi connectivity index (χ4v) is 6.14. The molecule has 4 heterocycles. The van der Waals surface area contributed by atoms with Crippen LogP contribution in [0.3, 0.4) is 0 Å². The Bertz CT molecular complexity index is 1710. The van der Waals surface area contributed by atoms with Crippen LogP contribution in [0, 0.1) is 0 Å². The Morgan fingerprint density at radius 1 is 1.05 bits per heavy atom. The zero-order valence-corrected chi connectivity index (χ0v) is 22.0. The molecule has 3 amide bonds. The number of hydrogen-bond acceptors (Lipinski definition) is 6. The molecule has 3 aliphatic rings. The Balaban J connectivity index is 1.21. The molecule has 0 saturated carbocycles. The van der Waals surface area contributed by atoms with Gasteiger partial charge in [-0.2, -0.15) is 4.98 Å². The number of piperidine rings is 1. The number of nitrogens with zero attached hydrogens (tertiary/aromatic N) is 3. The number of carbonyl (C=O) groups is 3. The van der Waals surface area contributed by atoms with Gasteiger partial charge in [-0.05, 0) is 59.2 Å². The maximum atomic E-state index is 13.4. The van der Waals surface area contributed by atoms with E-state index in [1.54, 1.807) is 4.90 Å². The molecule has 3 aliphatic heterocycles. The second-order valence-corrected chi connectivity index (χ2v) is 10.4. The smallest absolute Gasteiger partial charge is 0.298 e. The van der Waals surface area contributed by atoms with Gasteiger partial charge in [-0.25, -0.2) is 0 Å². The van der Waals surface area contributed by atoms with Gasteiger partial charge in [-0.1, -0.05) is 46.3 Å². The molecule has 38 heavy (non-hydrogen) atoms. The van der Waals surface area contributed by atoms with E-state index in [4.69, 9.17) is 4.42 Å². The molecule has 1 aromatic heterocycles. The highest BCUT2D eigenvalue weighted by Gasteiger charge is 2.41. The number of rotatable bonds is 4. The maximum absolute atomic E-state index is 13.4. The largest absolute Gasteiger partial charge is 0.423 e. The number of oxazole rings is 1. The Morgan fingerprint density at radius 2 is 1.95 bits per heavy atom. The third kappa shape index (κ3) is 3.56. The van der Waals surface area contributed by atoms with Crippen LogP contribution >= 0.6 is 15.9 Å². The average molecular weight is 571 g/mol. The van der Waals surface area contributed by atoms with Crippen LogP contribution in [0.2, 0.25) is 0 Å². The first kappa shape index (κ1) is 23.2. The number of alkyl halides is 1. The standard InChI is InChI=1S/C29H23BrN4O4/c30-15-16-4-6-21-24(14-16)38-29(31-21)33-12-10-17(11-13-33)18-5-7-22-26-19(18)2-1-3-20(26)28(37)34(22)23-8-9-25(35)32-27(23)36/h1-7,10,14,23H,8-9,11-13,15H2,(H,32,35,36). The number of nitrogens with one attached hydrogen (secondary N) is 1. The van der Waals surface area contributed by atoms with Crippen molar-refractivity contribution in [1.82, 2.24) is 10.3 Å². The lowest BCUT2D eigenvalue weighted by atomic mass is 9.92. The molecule has 1 atom stereocenters. The summed E-state index contributed by atoms with van der Waals surface area (Å²) in [4.78, 5) is 46.1. The summed E-state index contributed by atoms with van der Waals surface area (Å²) in [5.41, 5.74) is 6.38. The molecule has 4 aromatic rings. The van der Waals surface area contributed by atoms with Gasteiger partial charge in [-0.15, -0.1) is 0 Å². The number of amides is 3. The SMILES string of the molecule is O=C1CCC(N2C(=O)c3cccc4c(C5=CCN(c6nc7ccc(CBr)cc7o6)CC5)ccc2c34)C(=O)N1. The Hall–Kier alpha value is -3.98. The van der Waals surface area contributed by atoms with E-state index in [0.717, 1.165) is 57.0 Å². The summed E-state index contributed by atoms with van der Waals surface area (Å²) in [6.07, 6.45) is 3.54. The lowest BCUT2D eigenvalue weighted by Gasteiger charge is -2.30. The van der Waals surface area contributed by atoms with Gasteiger partial charge in [0.2, 0.25) is 11.8 Å². The molecule has 8 nitrogen and oxygen atoms in total. The summed E-state index contributed by atoms with van der Waals surface area (Å²) in [5, 5.41) is 5.00. The van der Waals surface area contributed by atoms with Gasteiger partial charge >= 0.3 is 0 Å². The van der Waals surface area contributed by atoms with E-state index in [0.29, 0.717) is 24.5 Å². The second-order valence-electron chi connectivity index (χ2n) is 9.86. The third-order valence-corrected chi connectivity index (χ3v) is 8.32. The van der Waals surface area contributed by atoms with Crippen molar-refractivity contribution in [1.29, 1.82) is 0 Å². The summed E-state index contributed by atoms with van der Waals surface area (Å²) >= 11 is 3.49. The first-order valence-corrected chi connectivity index (χ1v) is 13.8. The van der Waals surface area contributed by atoms with E-state index in [1.807, 2.05) is 48.5 Å². The molecule has 0 radical (unpaired) electrons. The fourth-order valence-electron chi connectivity index (χ4n) is 5.79. The molecule has 190 valence electrons. The van der Waals surface area contributed by atoms with Crippen molar-refractivity contribution in [3.8, 4) is 0 Å². The van der Waals surface area contributed by atoms with E-state index < -0.39 is 11.9 Å². The van der Waals surface area contributed by atoms with Gasteiger partial charge in [0, 0.05) is 35.8 Å².